The SMILES string of the molecule is CCCNC(CC)c1c(C)nn(CCCSCC)c1C. The number of nitrogens with one attached hydrogen (secondary N) is 1. The number of rotatable bonds is 10. The summed E-state index contributed by atoms with van der Waals surface area (Å²) in [4.78, 5) is 0. The summed E-state index contributed by atoms with van der Waals surface area (Å²) < 4.78 is 2.21. The van der Waals surface area contributed by atoms with Gasteiger partial charge in [-0.2, -0.15) is 16.9 Å². The fourth-order valence-electron chi connectivity index (χ4n) is 2.66. The highest BCUT2D eigenvalue weighted by Gasteiger charge is 2.18. The van der Waals surface area contributed by atoms with Gasteiger partial charge in [0.1, 0.15) is 0 Å². The van der Waals surface area contributed by atoms with E-state index >= 15 is 0 Å². The molecule has 1 heterocycles. The molecule has 1 unspecified atom stereocenters. The normalized spacial score (nSPS) is 12.8. The number of hydrogen-bond donors (Lipinski definition) is 1. The average Bonchev–Trinajstić information content (AvgIpc) is 2.72. The van der Waals surface area contributed by atoms with Gasteiger partial charge in [-0.15, -0.1) is 0 Å². The molecular weight excluding hydrogens is 266 g/mol. The van der Waals surface area contributed by atoms with E-state index in [0.717, 1.165) is 19.5 Å². The molecule has 0 aromatic carbocycles. The summed E-state index contributed by atoms with van der Waals surface area (Å²) in [5.41, 5.74) is 3.96. The maximum absolute atomic E-state index is 4.75. The minimum Gasteiger partial charge on any atom is -0.310 e. The van der Waals surface area contributed by atoms with E-state index in [4.69, 9.17) is 5.10 Å². The molecule has 0 aliphatic rings. The molecule has 0 amide bonds. The fraction of sp³-hybridized carbons (Fsp3) is 0.812. The summed E-state index contributed by atoms with van der Waals surface area (Å²) >= 11 is 2.01. The van der Waals surface area contributed by atoms with E-state index in [1.165, 1.54) is 41.3 Å². The number of thioether (sulfide) groups is 1. The van der Waals surface area contributed by atoms with Crippen molar-refractivity contribution in [3.05, 3.63) is 17.0 Å². The summed E-state index contributed by atoms with van der Waals surface area (Å²) in [6.07, 6.45) is 3.51. The van der Waals surface area contributed by atoms with Crippen molar-refractivity contribution in [2.75, 3.05) is 18.1 Å². The number of hydrogen-bond acceptors (Lipinski definition) is 3. The first-order chi connectivity index (χ1) is 9.65. The minimum absolute atomic E-state index is 0.453. The first-order valence-electron chi connectivity index (χ1n) is 8.00. The smallest absolute Gasteiger partial charge is 0.0644 e. The largest absolute Gasteiger partial charge is 0.310 e. The first-order valence-corrected chi connectivity index (χ1v) is 9.16. The Balaban J connectivity index is 2.73. The molecule has 3 nitrogen and oxygen atoms in total. The minimum atomic E-state index is 0.453. The molecule has 0 radical (unpaired) electrons. The van der Waals surface area contributed by atoms with Gasteiger partial charge in [-0.1, -0.05) is 20.8 Å². The van der Waals surface area contributed by atoms with Crippen LogP contribution in [0.1, 0.15) is 63.0 Å². The summed E-state index contributed by atoms with van der Waals surface area (Å²) in [5.74, 6) is 2.44. The molecular formula is C16H31N3S. The average molecular weight is 298 g/mol. The summed E-state index contributed by atoms with van der Waals surface area (Å²) in [6.45, 7) is 13.2. The lowest BCUT2D eigenvalue weighted by Crippen LogP contribution is -2.22. The molecule has 0 fully saturated rings. The molecule has 1 N–H and O–H groups in total. The lowest BCUT2D eigenvalue weighted by atomic mass is 10.0. The third-order valence-electron chi connectivity index (χ3n) is 3.70. The Kier molecular flexibility index (Phi) is 8.31. The summed E-state index contributed by atoms with van der Waals surface area (Å²) in [6, 6.07) is 0.453. The quantitative estimate of drug-likeness (QED) is 0.660. The van der Waals surface area contributed by atoms with Crippen molar-refractivity contribution >= 4 is 11.8 Å². The van der Waals surface area contributed by atoms with E-state index in [1.807, 2.05) is 11.8 Å². The lowest BCUT2D eigenvalue weighted by molar-refractivity contribution is 0.511. The predicted octanol–water partition coefficient (Wildman–Crippen LogP) is 4.09. The van der Waals surface area contributed by atoms with E-state index in [9.17, 15) is 0 Å². The molecule has 0 aliphatic carbocycles. The van der Waals surface area contributed by atoms with Crippen LogP contribution in [-0.2, 0) is 6.54 Å². The number of nitrogens with zero attached hydrogens (tertiary/aromatic N) is 2. The van der Waals surface area contributed by atoms with Gasteiger partial charge in [-0.05, 0) is 51.2 Å². The Morgan fingerprint density at radius 3 is 2.60 bits per heavy atom. The fourth-order valence-corrected chi connectivity index (χ4v) is 3.28. The highest BCUT2D eigenvalue weighted by Crippen LogP contribution is 2.24. The Labute approximate surface area is 128 Å². The molecule has 0 saturated heterocycles. The van der Waals surface area contributed by atoms with Gasteiger partial charge < -0.3 is 5.32 Å². The highest BCUT2D eigenvalue weighted by atomic mass is 32.2. The monoisotopic (exact) mass is 297 g/mol. The van der Waals surface area contributed by atoms with Crippen LogP contribution in [0.25, 0.3) is 0 Å². The van der Waals surface area contributed by atoms with E-state index in [1.54, 1.807) is 0 Å². The van der Waals surface area contributed by atoms with E-state index in [0.29, 0.717) is 6.04 Å². The standard InChI is InChI=1S/C16H31N3S/c1-6-10-17-15(7-2)16-13(4)18-19(14(16)5)11-9-12-20-8-3/h15,17H,6-12H2,1-5H3. The Morgan fingerprint density at radius 2 is 2.00 bits per heavy atom. The molecule has 0 spiro atoms. The van der Waals surface area contributed by atoms with Gasteiger partial charge >= 0.3 is 0 Å². The second-order valence-electron chi connectivity index (χ2n) is 5.27. The van der Waals surface area contributed by atoms with Crippen molar-refractivity contribution in [2.24, 2.45) is 0 Å². The van der Waals surface area contributed by atoms with E-state index < -0.39 is 0 Å². The lowest BCUT2D eigenvalue weighted by Gasteiger charge is -2.17. The summed E-state index contributed by atoms with van der Waals surface area (Å²) in [7, 11) is 0. The van der Waals surface area contributed by atoms with Crippen LogP contribution in [0.3, 0.4) is 0 Å². The molecule has 1 aromatic rings. The molecule has 0 saturated carbocycles. The van der Waals surface area contributed by atoms with Crippen LogP contribution in [-0.4, -0.2) is 27.8 Å². The number of aromatic nitrogens is 2. The van der Waals surface area contributed by atoms with Crippen molar-refractivity contribution in [3.63, 3.8) is 0 Å². The van der Waals surface area contributed by atoms with E-state index in [2.05, 4.69) is 44.6 Å². The second-order valence-corrected chi connectivity index (χ2v) is 6.67. The Bertz CT molecular complexity index is 387. The molecule has 1 aromatic heterocycles. The predicted molar refractivity (Wildman–Crippen MR) is 90.6 cm³/mol. The first kappa shape index (κ1) is 17.6. The van der Waals surface area contributed by atoms with Crippen molar-refractivity contribution < 1.29 is 0 Å². The zero-order valence-corrected chi connectivity index (χ0v) is 14.6. The molecule has 0 bridgehead atoms. The molecule has 116 valence electrons. The Morgan fingerprint density at radius 1 is 1.25 bits per heavy atom. The number of aryl methyl sites for hydroxylation is 2. The van der Waals surface area contributed by atoms with Crippen LogP contribution < -0.4 is 5.32 Å². The molecule has 1 atom stereocenters. The second kappa shape index (κ2) is 9.46. The third kappa shape index (κ3) is 4.81. The van der Waals surface area contributed by atoms with E-state index in [-0.39, 0.29) is 0 Å². The van der Waals surface area contributed by atoms with Gasteiger partial charge in [-0.25, -0.2) is 0 Å². The zero-order chi connectivity index (χ0) is 15.0. The molecule has 4 heteroatoms. The van der Waals surface area contributed by atoms with Crippen molar-refractivity contribution in [1.29, 1.82) is 0 Å². The van der Waals surface area contributed by atoms with Gasteiger partial charge in [0, 0.05) is 23.8 Å². The third-order valence-corrected chi connectivity index (χ3v) is 4.68. The topological polar surface area (TPSA) is 29.9 Å². The van der Waals surface area contributed by atoms with Crippen LogP contribution >= 0.6 is 11.8 Å². The van der Waals surface area contributed by atoms with Crippen LogP contribution in [0.15, 0.2) is 0 Å². The van der Waals surface area contributed by atoms with Crippen molar-refractivity contribution in [3.8, 4) is 0 Å². The highest BCUT2D eigenvalue weighted by molar-refractivity contribution is 7.99. The Hall–Kier alpha value is -0.480. The van der Waals surface area contributed by atoms with Gasteiger partial charge in [0.05, 0.1) is 5.69 Å². The van der Waals surface area contributed by atoms with Gasteiger partial charge in [0.2, 0.25) is 0 Å². The maximum atomic E-state index is 4.75. The van der Waals surface area contributed by atoms with Gasteiger partial charge in [-0.3, -0.25) is 4.68 Å². The maximum Gasteiger partial charge on any atom is 0.0644 e. The van der Waals surface area contributed by atoms with Crippen LogP contribution in [0, 0.1) is 13.8 Å². The zero-order valence-electron chi connectivity index (χ0n) is 13.8. The molecule has 20 heavy (non-hydrogen) atoms. The van der Waals surface area contributed by atoms with Crippen LogP contribution in [0.2, 0.25) is 0 Å². The van der Waals surface area contributed by atoms with Crippen LogP contribution in [0.5, 0.6) is 0 Å². The van der Waals surface area contributed by atoms with Crippen LogP contribution in [0.4, 0.5) is 0 Å². The molecule has 1 rings (SSSR count). The van der Waals surface area contributed by atoms with Crippen molar-refractivity contribution in [2.45, 2.75) is 66.5 Å². The summed E-state index contributed by atoms with van der Waals surface area (Å²) in [5, 5.41) is 8.40. The van der Waals surface area contributed by atoms with Gasteiger partial charge in [0.15, 0.2) is 0 Å². The molecule has 0 aliphatic heterocycles. The van der Waals surface area contributed by atoms with Gasteiger partial charge in [0.25, 0.3) is 0 Å². The van der Waals surface area contributed by atoms with Crippen molar-refractivity contribution in [1.82, 2.24) is 15.1 Å².